The second-order valence-electron chi connectivity index (χ2n) is 3.37. The number of benzene rings is 1. The fourth-order valence-corrected chi connectivity index (χ4v) is 1.56. The average molecular weight is 205 g/mol. The molecule has 0 atom stereocenters. The minimum absolute atomic E-state index is 0.273. The number of rotatable bonds is 2. The van der Waals surface area contributed by atoms with Crippen LogP contribution in [0.5, 0.6) is 0 Å². The highest BCUT2D eigenvalue weighted by atomic mass is 19.1. The minimum atomic E-state index is -0.273. The summed E-state index contributed by atoms with van der Waals surface area (Å²) in [4.78, 5) is 4.18. The molecular weight excluding hydrogens is 193 g/mol. The summed E-state index contributed by atoms with van der Waals surface area (Å²) in [6, 6.07) is 4.57. The number of hydrogen-bond donors (Lipinski definition) is 1. The van der Waals surface area contributed by atoms with Gasteiger partial charge in [-0.05, 0) is 17.7 Å². The number of nitrogens with zero attached hydrogens (tertiary/aromatic N) is 2. The van der Waals surface area contributed by atoms with Crippen LogP contribution in [-0.2, 0) is 13.6 Å². The monoisotopic (exact) mass is 205 g/mol. The van der Waals surface area contributed by atoms with Crippen molar-refractivity contribution in [2.24, 2.45) is 12.8 Å². The maximum atomic E-state index is 13.1. The van der Waals surface area contributed by atoms with Crippen molar-refractivity contribution < 1.29 is 4.39 Å². The molecule has 2 aromatic rings. The molecule has 0 bridgehead atoms. The Bertz CT molecular complexity index is 476. The maximum absolute atomic E-state index is 13.1. The number of imidazole rings is 1. The highest BCUT2D eigenvalue weighted by Crippen LogP contribution is 2.22. The van der Waals surface area contributed by atoms with Gasteiger partial charge in [-0.25, -0.2) is 9.37 Å². The smallest absolute Gasteiger partial charge is 0.140 e. The molecular formula is C11H12FN3. The molecule has 15 heavy (non-hydrogen) atoms. The largest absolute Gasteiger partial charge is 0.334 e. The molecule has 4 heteroatoms. The molecule has 0 unspecified atom stereocenters. The van der Waals surface area contributed by atoms with E-state index in [-0.39, 0.29) is 5.82 Å². The van der Waals surface area contributed by atoms with Gasteiger partial charge in [-0.1, -0.05) is 6.07 Å². The van der Waals surface area contributed by atoms with Crippen LogP contribution in [0.2, 0.25) is 0 Å². The van der Waals surface area contributed by atoms with E-state index in [4.69, 9.17) is 5.73 Å². The van der Waals surface area contributed by atoms with Gasteiger partial charge in [-0.15, -0.1) is 0 Å². The highest BCUT2D eigenvalue weighted by molar-refractivity contribution is 5.60. The van der Waals surface area contributed by atoms with Gasteiger partial charge in [0, 0.05) is 31.5 Å². The first-order valence-electron chi connectivity index (χ1n) is 4.68. The van der Waals surface area contributed by atoms with Crippen molar-refractivity contribution in [3.05, 3.63) is 42.0 Å². The molecule has 1 aromatic carbocycles. The van der Waals surface area contributed by atoms with Gasteiger partial charge in [0.15, 0.2) is 0 Å². The molecule has 1 heterocycles. The van der Waals surface area contributed by atoms with Gasteiger partial charge in [0.05, 0.1) is 0 Å². The van der Waals surface area contributed by atoms with Crippen molar-refractivity contribution in [2.45, 2.75) is 6.54 Å². The minimum Gasteiger partial charge on any atom is -0.334 e. The average Bonchev–Trinajstić information content (AvgIpc) is 2.64. The molecule has 0 aliphatic rings. The van der Waals surface area contributed by atoms with Gasteiger partial charge in [0.25, 0.3) is 0 Å². The third-order valence-corrected chi connectivity index (χ3v) is 2.35. The van der Waals surface area contributed by atoms with Crippen molar-refractivity contribution >= 4 is 0 Å². The lowest BCUT2D eigenvalue weighted by Crippen LogP contribution is -2.02. The van der Waals surface area contributed by atoms with Crippen molar-refractivity contribution in [2.75, 3.05) is 0 Å². The number of hydrogen-bond acceptors (Lipinski definition) is 2. The van der Waals surface area contributed by atoms with E-state index in [1.165, 1.54) is 12.1 Å². The molecule has 0 fully saturated rings. The molecule has 0 spiro atoms. The zero-order chi connectivity index (χ0) is 10.8. The molecule has 0 aliphatic carbocycles. The van der Waals surface area contributed by atoms with Crippen LogP contribution < -0.4 is 5.73 Å². The van der Waals surface area contributed by atoms with E-state index in [1.807, 2.05) is 17.8 Å². The molecule has 2 N–H and O–H groups in total. The van der Waals surface area contributed by atoms with Gasteiger partial charge in [-0.3, -0.25) is 0 Å². The third kappa shape index (κ3) is 1.76. The number of aryl methyl sites for hydroxylation is 1. The summed E-state index contributed by atoms with van der Waals surface area (Å²) in [6.45, 7) is 0.377. The number of aromatic nitrogens is 2. The first-order chi connectivity index (χ1) is 7.22. The Labute approximate surface area is 87.4 Å². The molecule has 0 amide bonds. The summed E-state index contributed by atoms with van der Waals surface area (Å²) >= 11 is 0. The SMILES string of the molecule is Cn1ccnc1-c1cc(F)ccc1CN. The summed E-state index contributed by atoms with van der Waals surface area (Å²) < 4.78 is 15.0. The van der Waals surface area contributed by atoms with E-state index in [1.54, 1.807) is 12.3 Å². The molecule has 0 saturated heterocycles. The number of halogens is 1. The second kappa shape index (κ2) is 3.82. The maximum Gasteiger partial charge on any atom is 0.140 e. The Morgan fingerprint density at radius 1 is 1.47 bits per heavy atom. The summed E-state index contributed by atoms with van der Waals surface area (Å²) in [5, 5.41) is 0. The Morgan fingerprint density at radius 2 is 2.27 bits per heavy atom. The lowest BCUT2D eigenvalue weighted by atomic mass is 10.1. The van der Waals surface area contributed by atoms with E-state index < -0.39 is 0 Å². The lowest BCUT2D eigenvalue weighted by Gasteiger charge is -2.07. The summed E-state index contributed by atoms with van der Waals surface area (Å²) in [7, 11) is 1.87. The van der Waals surface area contributed by atoms with Crippen LogP contribution in [0.25, 0.3) is 11.4 Å². The van der Waals surface area contributed by atoms with E-state index in [2.05, 4.69) is 4.98 Å². The normalized spacial score (nSPS) is 10.6. The van der Waals surface area contributed by atoms with Crippen LogP contribution in [0.15, 0.2) is 30.6 Å². The lowest BCUT2D eigenvalue weighted by molar-refractivity contribution is 0.627. The fraction of sp³-hybridized carbons (Fsp3) is 0.182. The third-order valence-electron chi connectivity index (χ3n) is 2.35. The van der Waals surface area contributed by atoms with Crippen LogP contribution in [-0.4, -0.2) is 9.55 Å². The molecule has 78 valence electrons. The predicted molar refractivity (Wildman–Crippen MR) is 56.5 cm³/mol. The van der Waals surface area contributed by atoms with Crippen LogP contribution in [0.1, 0.15) is 5.56 Å². The van der Waals surface area contributed by atoms with E-state index in [0.29, 0.717) is 6.54 Å². The Balaban J connectivity index is 2.60. The van der Waals surface area contributed by atoms with Crippen LogP contribution in [0.4, 0.5) is 4.39 Å². The second-order valence-corrected chi connectivity index (χ2v) is 3.37. The highest BCUT2D eigenvalue weighted by Gasteiger charge is 2.09. The van der Waals surface area contributed by atoms with Crippen LogP contribution in [0.3, 0.4) is 0 Å². The van der Waals surface area contributed by atoms with Crippen molar-refractivity contribution in [3.63, 3.8) is 0 Å². The molecule has 3 nitrogen and oxygen atoms in total. The molecule has 1 aromatic heterocycles. The molecule has 2 rings (SSSR count). The van der Waals surface area contributed by atoms with Crippen molar-refractivity contribution in [1.29, 1.82) is 0 Å². The number of nitrogens with two attached hydrogens (primary N) is 1. The fourth-order valence-electron chi connectivity index (χ4n) is 1.56. The van der Waals surface area contributed by atoms with Crippen molar-refractivity contribution in [1.82, 2.24) is 9.55 Å². The summed E-state index contributed by atoms with van der Waals surface area (Å²) in [6.07, 6.45) is 3.50. The van der Waals surface area contributed by atoms with Crippen LogP contribution >= 0.6 is 0 Å². The summed E-state index contributed by atoms with van der Waals surface area (Å²) in [5.74, 6) is 0.458. The zero-order valence-electron chi connectivity index (χ0n) is 8.44. The van der Waals surface area contributed by atoms with Gasteiger partial charge >= 0.3 is 0 Å². The Morgan fingerprint density at radius 3 is 2.87 bits per heavy atom. The van der Waals surface area contributed by atoms with Gasteiger partial charge in [0.1, 0.15) is 11.6 Å². The topological polar surface area (TPSA) is 43.8 Å². The van der Waals surface area contributed by atoms with E-state index in [0.717, 1.165) is 17.0 Å². The van der Waals surface area contributed by atoms with Gasteiger partial charge < -0.3 is 10.3 Å². The molecule has 0 radical (unpaired) electrons. The van der Waals surface area contributed by atoms with E-state index >= 15 is 0 Å². The first kappa shape index (κ1) is 9.86. The molecule has 0 saturated carbocycles. The quantitative estimate of drug-likeness (QED) is 0.810. The first-order valence-corrected chi connectivity index (χ1v) is 4.68. The molecule has 0 aliphatic heterocycles. The van der Waals surface area contributed by atoms with Gasteiger partial charge in [0.2, 0.25) is 0 Å². The van der Waals surface area contributed by atoms with Crippen molar-refractivity contribution in [3.8, 4) is 11.4 Å². The van der Waals surface area contributed by atoms with Gasteiger partial charge in [-0.2, -0.15) is 0 Å². The predicted octanol–water partition coefficient (Wildman–Crippen LogP) is 1.68. The zero-order valence-corrected chi connectivity index (χ0v) is 8.44. The Hall–Kier alpha value is -1.68. The Kier molecular flexibility index (Phi) is 2.51. The standard InChI is InChI=1S/C11H12FN3/c1-15-5-4-14-11(15)10-6-9(12)3-2-8(10)7-13/h2-6H,7,13H2,1H3. The summed E-state index contributed by atoms with van der Waals surface area (Å²) in [5.41, 5.74) is 7.25. The van der Waals surface area contributed by atoms with E-state index in [9.17, 15) is 4.39 Å². The van der Waals surface area contributed by atoms with Crippen LogP contribution in [0, 0.1) is 5.82 Å².